The normalized spacial score (nSPS) is 20.5. The summed E-state index contributed by atoms with van der Waals surface area (Å²) in [5.74, 6) is 2.51. The van der Waals surface area contributed by atoms with E-state index in [-0.39, 0.29) is 5.84 Å². The number of thioether (sulfide) groups is 1. The molecule has 0 aliphatic carbocycles. The molecule has 0 aromatic heterocycles. The van der Waals surface area contributed by atoms with E-state index < -0.39 is 0 Å². The maximum absolute atomic E-state index is 8.80. The van der Waals surface area contributed by atoms with Gasteiger partial charge in [0.15, 0.2) is 5.84 Å². The Morgan fingerprint density at radius 1 is 1.53 bits per heavy atom. The summed E-state index contributed by atoms with van der Waals surface area (Å²) in [6.45, 7) is 0. The van der Waals surface area contributed by atoms with E-state index in [4.69, 9.17) is 10.9 Å². The molecule has 3 N–H and O–H groups in total. The molecule has 1 aliphatic heterocycles. The standard InChI is InChI=1S/C12H17N3OS/c1-15(9-6-7-17-8-9)11-5-3-2-4-10(11)12(13)14-16/h2-5,9,16H,6-8H2,1H3,(H2,13,14). The molecule has 2 rings (SSSR count). The van der Waals surface area contributed by atoms with Crippen LogP contribution < -0.4 is 10.6 Å². The summed E-state index contributed by atoms with van der Waals surface area (Å²) >= 11 is 1.97. The molecule has 1 aromatic carbocycles. The molecule has 1 saturated heterocycles. The topological polar surface area (TPSA) is 61.8 Å². The van der Waals surface area contributed by atoms with Crippen molar-refractivity contribution in [2.24, 2.45) is 10.9 Å². The van der Waals surface area contributed by atoms with Gasteiger partial charge in [-0.05, 0) is 24.3 Å². The molecule has 17 heavy (non-hydrogen) atoms. The molecule has 1 fully saturated rings. The number of benzene rings is 1. The van der Waals surface area contributed by atoms with Gasteiger partial charge in [-0.2, -0.15) is 11.8 Å². The molecule has 5 heteroatoms. The molecular weight excluding hydrogens is 234 g/mol. The van der Waals surface area contributed by atoms with Gasteiger partial charge in [-0.15, -0.1) is 0 Å². The number of hydrogen-bond donors (Lipinski definition) is 2. The monoisotopic (exact) mass is 251 g/mol. The molecule has 1 aromatic rings. The summed E-state index contributed by atoms with van der Waals surface area (Å²) in [5.41, 5.74) is 7.51. The van der Waals surface area contributed by atoms with Gasteiger partial charge < -0.3 is 15.8 Å². The number of nitrogens with two attached hydrogens (primary N) is 1. The fourth-order valence-corrected chi connectivity index (χ4v) is 3.34. The third-order valence-electron chi connectivity index (χ3n) is 3.12. The summed E-state index contributed by atoms with van der Waals surface area (Å²) in [5, 5.41) is 11.9. The lowest BCUT2D eigenvalue weighted by atomic mass is 10.1. The molecule has 4 nitrogen and oxygen atoms in total. The zero-order valence-corrected chi connectivity index (χ0v) is 10.7. The predicted octanol–water partition coefficient (Wildman–Crippen LogP) is 1.72. The van der Waals surface area contributed by atoms with Gasteiger partial charge in [-0.25, -0.2) is 0 Å². The summed E-state index contributed by atoms with van der Waals surface area (Å²) in [4.78, 5) is 2.23. The third-order valence-corrected chi connectivity index (χ3v) is 4.27. The van der Waals surface area contributed by atoms with Gasteiger partial charge in [0.25, 0.3) is 0 Å². The fraction of sp³-hybridized carbons (Fsp3) is 0.417. The maximum Gasteiger partial charge on any atom is 0.172 e. The predicted molar refractivity (Wildman–Crippen MR) is 73.1 cm³/mol. The van der Waals surface area contributed by atoms with Gasteiger partial charge >= 0.3 is 0 Å². The quantitative estimate of drug-likeness (QED) is 0.372. The van der Waals surface area contributed by atoms with E-state index in [0.29, 0.717) is 6.04 Å². The van der Waals surface area contributed by atoms with Crippen LogP contribution in [-0.2, 0) is 0 Å². The maximum atomic E-state index is 8.80. The van der Waals surface area contributed by atoms with Crippen LogP contribution in [0.3, 0.4) is 0 Å². The largest absolute Gasteiger partial charge is 0.409 e. The highest BCUT2D eigenvalue weighted by atomic mass is 32.2. The highest BCUT2D eigenvalue weighted by Crippen LogP contribution is 2.28. The van der Waals surface area contributed by atoms with E-state index in [9.17, 15) is 0 Å². The van der Waals surface area contributed by atoms with Crippen LogP contribution in [0.25, 0.3) is 0 Å². The summed E-state index contributed by atoms with van der Waals surface area (Å²) in [6, 6.07) is 8.29. The molecule has 0 spiro atoms. The SMILES string of the molecule is CN(c1ccccc1/C(N)=N/O)C1CCSC1. The van der Waals surface area contributed by atoms with Crippen molar-refractivity contribution in [1.29, 1.82) is 0 Å². The van der Waals surface area contributed by atoms with Crippen molar-refractivity contribution in [3.63, 3.8) is 0 Å². The Morgan fingerprint density at radius 2 is 2.29 bits per heavy atom. The van der Waals surface area contributed by atoms with Crippen molar-refractivity contribution in [3.8, 4) is 0 Å². The van der Waals surface area contributed by atoms with E-state index in [1.165, 1.54) is 12.2 Å². The minimum Gasteiger partial charge on any atom is -0.409 e. The van der Waals surface area contributed by atoms with Crippen molar-refractivity contribution >= 4 is 23.3 Å². The fourth-order valence-electron chi connectivity index (χ4n) is 2.08. The van der Waals surface area contributed by atoms with Crippen LogP contribution in [0, 0.1) is 0 Å². The van der Waals surface area contributed by atoms with Crippen LogP contribution in [0.2, 0.25) is 0 Å². The Morgan fingerprint density at radius 3 is 2.94 bits per heavy atom. The van der Waals surface area contributed by atoms with E-state index in [1.807, 2.05) is 36.0 Å². The Bertz CT molecular complexity index is 416. The van der Waals surface area contributed by atoms with Crippen LogP contribution in [-0.4, -0.2) is 35.6 Å². The molecule has 0 saturated carbocycles. The van der Waals surface area contributed by atoms with E-state index >= 15 is 0 Å². The van der Waals surface area contributed by atoms with Gasteiger partial charge in [0, 0.05) is 30.1 Å². The molecule has 0 amide bonds. The highest BCUT2D eigenvalue weighted by Gasteiger charge is 2.22. The average Bonchev–Trinajstić information content (AvgIpc) is 2.91. The Hall–Kier alpha value is -1.36. The zero-order chi connectivity index (χ0) is 12.3. The molecule has 1 unspecified atom stereocenters. The van der Waals surface area contributed by atoms with Crippen LogP contribution >= 0.6 is 11.8 Å². The van der Waals surface area contributed by atoms with Gasteiger partial charge in [-0.3, -0.25) is 0 Å². The smallest absolute Gasteiger partial charge is 0.172 e. The molecule has 0 bridgehead atoms. The first-order valence-electron chi connectivity index (χ1n) is 5.61. The second-order valence-electron chi connectivity index (χ2n) is 4.13. The van der Waals surface area contributed by atoms with Crippen molar-refractivity contribution in [2.75, 3.05) is 23.5 Å². The van der Waals surface area contributed by atoms with Gasteiger partial charge in [-0.1, -0.05) is 17.3 Å². The number of oxime groups is 1. The Labute approximate surface area is 105 Å². The molecule has 1 aliphatic rings. The van der Waals surface area contributed by atoms with E-state index in [0.717, 1.165) is 17.0 Å². The van der Waals surface area contributed by atoms with E-state index in [1.54, 1.807) is 0 Å². The number of amidine groups is 1. The average molecular weight is 251 g/mol. The number of nitrogens with zero attached hydrogens (tertiary/aromatic N) is 2. The second kappa shape index (κ2) is 5.31. The van der Waals surface area contributed by atoms with Crippen molar-refractivity contribution in [2.45, 2.75) is 12.5 Å². The summed E-state index contributed by atoms with van der Waals surface area (Å²) in [7, 11) is 2.07. The van der Waals surface area contributed by atoms with Crippen molar-refractivity contribution < 1.29 is 5.21 Å². The van der Waals surface area contributed by atoms with Crippen LogP contribution in [0.4, 0.5) is 5.69 Å². The molecule has 0 radical (unpaired) electrons. The minimum atomic E-state index is 0.165. The minimum absolute atomic E-state index is 0.165. The van der Waals surface area contributed by atoms with Gasteiger partial charge in [0.1, 0.15) is 0 Å². The molecule has 92 valence electrons. The Balaban J connectivity index is 2.30. The lowest BCUT2D eigenvalue weighted by Gasteiger charge is -2.27. The zero-order valence-electron chi connectivity index (χ0n) is 9.84. The second-order valence-corrected chi connectivity index (χ2v) is 5.28. The van der Waals surface area contributed by atoms with Crippen LogP contribution in [0.5, 0.6) is 0 Å². The third kappa shape index (κ3) is 2.49. The van der Waals surface area contributed by atoms with Crippen molar-refractivity contribution in [3.05, 3.63) is 29.8 Å². The van der Waals surface area contributed by atoms with E-state index in [2.05, 4.69) is 17.1 Å². The highest BCUT2D eigenvalue weighted by molar-refractivity contribution is 7.99. The lowest BCUT2D eigenvalue weighted by Crippen LogP contribution is -2.33. The molecule has 1 heterocycles. The first-order chi connectivity index (χ1) is 8.24. The van der Waals surface area contributed by atoms with Crippen LogP contribution in [0.15, 0.2) is 29.4 Å². The number of para-hydroxylation sites is 1. The summed E-state index contributed by atoms with van der Waals surface area (Å²) in [6.07, 6.45) is 1.19. The Kier molecular flexibility index (Phi) is 3.78. The van der Waals surface area contributed by atoms with Gasteiger partial charge in [0.2, 0.25) is 0 Å². The van der Waals surface area contributed by atoms with Crippen LogP contribution in [0.1, 0.15) is 12.0 Å². The lowest BCUT2D eigenvalue weighted by molar-refractivity contribution is 0.318. The first-order valence-corrected chi connectivity index (χ1v) is 6.77. The first kappa shape index (κ1) is 12.1. The molecular formula is C12H17N3OS. The van der Waals surface area contributed by atoms with Crippen molar-refractivity contribution in [1.82, 2.24) is 0 Å². The summed E-state index contributed by atoms with van der Waals surface area (Å²) < 4.78 is 0. The number of rotatable bonds is 3. The number of anilines is 1. The van der Waals surface area contributed by atoms with Gasteiger partial charge in [0.05, 0.1) is 0 Å². The molecule has 1 atom stereocenters. The number of hydrogen-bond acceptors (Lipinski definition) is 4.